The molecule has 3 aromatic rings. The van der Waals surface area contributed by atoms with Crippen LogP contribution in [0.25, 0.3) is 11.0 Å². The molecule has 8 heteroatoms. The van der Waals surface area contributed by atoms with Gasteiger partial charge < -0.3 is 5.32 Å². The summed E-state index contributed by atoms with van der Waals surface area (Å²) in [6.45, 7) is 3.95. The molecule has 2 aromatic heterocycles. The van der Waals surface area contributed by atoms with E-state index in [2.05, 4.69) is 15.3 Å². The average Bonchev–Trinajstić information content (AvgIpc) is 2.61. The van der Waals surface area contributed by atoms with Crippen molar-refractivity contribution in [2.45, 2.75) is 26.3 Å². The maximum absolute atomic E-state index is 12.2. The summed E-state index contributed by atoms with van der Waals surface area (Å²) < 4.78 is 1.63. The number of benzene rings is 1. The van der Waals surface area contributed by atoms with Gasteiger partial charge >= 0.3 is 0 Å². The lowest BCUT2D eigenvalue weighted by Gasteiger charge is -2.15. The fraction of sp³-hybridized carbons (Fsp3) is 0.235. The van der Waals surface area contributed by atoms with Gasteiger partial charge in [0.2, 0.25) is 5.95 Å². The van der Waals surface area contributed by atoms with Crippen molar-refractivity contribution in [2.24, 2.45) is 0 Å². The van der Waals surface area contributed by atoms with Gasteiger partial charge in [-0.25, -0.2) is 4.98 Å². The van der Waals surface area contributed by atoms with Crippen LogP contribution in [0.2, 0.25) is 0 Å². The van der Waals surface area contributed by atoms with E-state index in [1.807, 2.05) is 13.8 Å². The number of nitro benzene ring substituents is 1. The van der Waals surface area contributed by atoms with E-state index < -0.39 is 4.92 Å². The first-order valence-electron chi connectivity index (χ1n) is 7.89. The lowest BCUT2D eigenvalue weighted by Crippen LogP contribution is -2.23. The van der Waals surface area contributed by atoms with Gasteiger partial charge in [0, 0.05) is 41.5 Å². The van der Waals surface area contributed by atoms with Crippen molar-refractivity contribution in [1.82, 2.24) is 14.5 Å². The van der Waals surface area contributed by atoms with Crippen LogP contribution < -0.4 is 10.9 Å². The van der Waals surface area contributed by atoms with Crippen molar-refractivity contribution in [3.63, 3.8) is 0 Å². The largest absolute Gasteiger partial charge is 0.324 e. The number of hydrogen-bond donors (Lipinski definition) is 1. The fourth-order valence-electron chi connectivity index (χ4n) is 2.53. The first kappa shape index (κ1) is 16.6. The van der Waals surface area contributed by atoms with Crippen molar-refractivity contribution < 1.29 is 4.92 Å². The maximum Gasteiger partial charge on any atom is 0.271 e. The van der Waals surface area contributed by atoms with E-state index in [4.69, 9.17) is 0 Å². The SMILES string of the molecule is CCC(C)n1c(=O)ccc2cnc(Nc3cccc([N+](=O)[O-])c3)nc21. The number of nitrogens with one attached hydrogen (secondary N) is 1. The van der Waals surface area contributed by atoms with Crippen LogP contribution in [0, 0.1) is 10.1 Å². The minimum absolute atomic E-state index is 0.00300. The molecular formula is C17H17N5O3. The molecule has 1 atom stereocenters. The van der Waals surface area contributed by atoms with Crippen LogP contribution in [0.1, 0.15) is 26.3 Å². The Hall–Kier alpha value is -3.29. The zero-order chi connectivity index (χ0) is 18.0. The summed E-state index contributed by atoms with van der Waals surface area (Å²) in [6, 6.07) is 9.27. The van der Waals surface area contributed by atoms with Gasteiger partial charge in [0.05, 0.1) is 4.92 Å². The summed E-state index contributed by atoms with van der Waals surface area (Å²) in [4.78, 5) is 31.3. The number of rotatable bonds is 5. The molecule has 0 radical (unpaired) electrons. The van der Waals surface area contributed by atoms with Gasteiger partial charge in [-0.3, -0.25) is 19.5 Å². The molecular weight excluding hydrogens is 322 g/mol. The number of nitro groups is 1. The summed E-state index contributed by atoms with van der Waals surface area (Å²) in [5.74, 6) is 0.274. The monoisotopic (exact) mass is 339 g/mol. The zero-order valence-electron chi connectivity index (χ0n) is 13.8. The molecule has 2 heterocycles. The molecule has 0 fully saturated rings. The smallest absolute Gasteiger partial charge is 0.271 e. The molecule has 8 nitrogen and oxygen atoms in total. The van der Waals surface area contributed by atoms with E-state index in [-0.39, 0.29) is 23.2 Å². The highest BCUT2D eigenvalue weighted by Crippen LogP contribution is 2.21. The van der Waals surface area contributed by atoms with Crippen molar-refractivity contribution in [1.29, 1.82) is 0 Å². The lowest BCUT2D eigenvalue weighted by atomic mass is 10.2. The Balaban J connectivity index is 2.05. The van der Waals surface area contributed by atoms with Crippen LogP contribution in [-0.2, 0) is 0 Å². The molecule has 0 bridgehead atoms. The predicted octanol–water partition coefficient (Wildman–Crippen LogP) is 3.41. The Morgan fingerprint density at radius 2 is 2.12 bits per heavy atom. The zero-order valence-corrected chi connectivity index (χ0v) is 13.8. The van der Waals surface area contributed by atoms with E-state index in [1.54, 1.807) is 29.0 Å². The Kier molecular flexibility index (Phi) is 4.42. The van der Waals surface area contributed by atoms with Crippen molar-refractivity contribution in [3.8, 4) is 0 Å². The Labute approximate surface area is 143 Å². The van der Waals surface area contributed by atoms with E-state index in [0.717, 1.165) is 11.8 Å². The molecule has 128 valence electrons. The minimum Gasteiger partial charge on any atom is -0.324 e. The van der Waals surface area contributed by atoms with Crippen LogP contribution in [0.4, 0.5) is 17.3 Å². The molecule has 1 N–H and O–H groups in total. The molecule has 3 rings (SSSR count). The van der Waals surface area contributed by atoms with Gasteiger partial charge in [-0.15, -0.1) is 0 Å². The third kappa shape index (κ3) is 3.32. The first-order chi connectivity index (χ1) is 12.0. The van der Waals surface area contributed by atoms with Crippen molar-refractivity contribution in [3.05, 3.63) is 63.1 Å². The summed E-state index contributed by atoms with van der Waals surface area (Å²) in [7, 11) is 0. The molecule has 1 unspecified atom stereocenters. The second kappa shape index (κ2) is 6.68. The topological polar surface area (TPSA) is 103 Å². The van der Waals surface area contributed by atoms with Gasteiger partial charge in [0.25, 0.3) is 11.2 Å². The number of nitrogens with zero attached hydrogens (tertiary/aromatic N) is 4. The quantitative estimate of drug-likeness (QED) is 0.564. The van der Waals surface area contributed by atoms with Gasteiger partial charge in [0.15, 0.2) is 0 Å². The van der Waals surface area contributed by atoms with E-state index in [0.29, 0.717) is 11.3 Å². The summed E-state index contributed by atoms with van der Waals surface area (Å²) in [6.07, 6.45) is 2.41. The number of non-ortho nitro benzene ring substituents is 1. The third-order valence-corrected chi connectivity index (χ3v) is 4.01. The standard InChI is InChI=1S/C17H17N5O3/c1-3-11(2)21-15(23)8-7-12-10-18-17(20-16(12)21)19-13-5-4-6-14(9-13)22(24)25/h4-11H,3H2,1-2H3,(H,18,19,20). The van der Waals surface area contributed by atoms with Crippen LogP contribution in [0.3, 0.4) is 0 Å². The summed E-state index contributed by atoms with van der Waals surface area (Å²) in [5, 5.41) is 14.6. The molecule has 0 saturated heterocycles. The highest BCUT2D eigenvalue weighted by Gasteiger charge is 2.12. The normalized spacial score (nSPS) is 12.1. The van der Waals surface area contributed by atoms with E-state index in [1.165, 1.54) is 18.2 Å². The van der Waals surface area contributed by atoms with Crippen LogP contribution in [-0.4, -0.2) is 19.5 Å². The molecule has 0 aliphatic rings. The number of hydrogen-bond acceptors (Lipinski definition) is 6. The Morgan fingerprint density at radius 3 is 2.84 bits per heavy atom. The van der Waals surface area contributed by atoms with Crippen LogP contribution in [0.5, 0.6) is 0 Å². The van der Waals surface area contributed by atoms with E-state index >= 15 is 0 Å². The minimum atomic E-state index is -0.465. The molecule has 0 amide bonds. The van der Waals surface area contributed by atoms with Gasteiger partial charge in [0.1, 0.15) is 5.65 Å². The van der Waals surface area contributed by atoms with Crippen molar-refractivity contribution >= 4 is 28.4 Å². The number of aromatic nitrogens is 3. The average molecular weight is 339 g/mol. The number of pyridine rings is 1. The van der Waals surface area contributed by atoms with Crippen LogP contribution in [0.15, 0.2) is 47.4 Å². The second-order valence-corrected chi connectivity index (χ2v) is 5.70. The van der Waals surface area contributed by atoms with Gasteiger partial charge in [-0.1, -0.05) is 13.0 Å². The number of fused-ring (bicyclic) bond motifs is 1. The van der Waals surface area contributed by atoms with Crippen molar-refractivity contribution in [2.75, 3.05) is 5.32 Å². The maximum atomic E-state index is 12.2. The molecule has 1 aromatic carbocycles. The third-order valence-electron chi connectivity index (χ3n) is 4.01. The molecule has 0 spiro atoms. The van der Waals surface area contributed by atoms with Crippen LogP contribution >= 0.6 is 0 Å². The lowest BCUT2D eigenvalue weighted by molar-refractivity contribution is -0.384. The van der Waals surface area contributed by atoms with E-state index in [9.17, 15) is 14.9 Å². The fourth-order valence-corrected chi connectivity index (χ4v) is 2.53. The Bertz CT molecular complexity index is 999. The molecule has 0 aliphatic carbocycles. The molecule has 0 aliphatic heterocycles. The molecule has 25 heavy (non-hydrogen) atoms. The Morgan fingerprint density at radius 1 is 1.32 bits per heavy atom. The first-order valence-corrected chi connectivity index (χ1v) is 7.89. The van der Waals surface area contributed by atoms with Gasteiger partial charge in [-0.05, 0) is 25.5 Å². The second-order valence-electron chi connectivity index (χ2n) is 5.70. The van der Waals surface area contributed by atoms with Gasteiger partial charge in [-0.2, -0.15) is 4.98 Å². The highest BCUT2D eigenvalue weighted by molar-refractivity contribution is 5.76. The highest BCUT2D eigenvalue weighted by atomic mass is 16.6. The number of anilines is 2. The molecule has 0 saturated carbocycles. The summed E-state index contributed by atoms with van der Waals surface area (Å²) >= 11 is 0. The summed E-state index contributed by atoms with van der Waals surface area (Å²) in [5.41, 5.74) is 0.885. The predicted molar refractivity (Wildman–Crippen MR) is 95.2 cm³/mol.